The zero-order valence-corrected chi connectivity index (χ0v) is 21.4. The third-order valence-corrected chi connectivity index (χ3v) is 7.71. The molecule has 0 spiro atoms. The highest BCUT2D eigenvalue weighted by atomic mass is 16.3. The van der Waals surface area contributed by atoms with Crippen LogP contribution in [0.4, 0.5) is 0 Å². The molecule has 0 atom stereocenters. The van der Waals surface area contributed by atoms with Crippen molar-refractivity contribution in [2.45, 2.75) is 0 Å². The maximum Gasteiger partial charge on any atom is 0.145 e. The molecule has 186 valence electrons. The number of pyridine rings is 1. The molecule has 0 amide bonds. The van der Waals surface area contributed by atoms with Crippen LogP contribution >= 0.6 is 0 Å². The molecule has 0 fully saturated rings. The monoisotopic (exact) mass is 511 g/mol. The predicted molar refractivity (Wildman–Crippen MR) is 161 cm³/mol. The molecule has 0 aliphatic rings. The van der Waals surface area contributed by atoms with Crippen molar-refractivity contribution in [1.82, 2.24) is 9.55 Å². The fourth-order valence-corrected chi connectivity index (χ4v) is 5.93. The molecule has 0 radical (unpaired) electrons. The Kier molecular flexibility index (Phi) is 4.85. The normalized spacial score (nSPS) is 11.5. The lowest BCUT2D eigenvalue weighted by Gasteiger charge is -2.13. The summed E-state index contributed by atoms with van der Waals surface area (Å²) >= 11 is 0. The van der Waals surface area contributed by atoms with Gasteiger partial charge in [-0.1, -0.05) is 72.8 Å². The zero-order chi connectivity index (χ0) is 26.6. The standard InChI is InChI=1S/C36H21N3O/c37-21-25-17-16-24(22-38-25)28-11-2-1-10-27(28)23-8-7-9-26(20-23)39-32-14-5-3-13-31(32)35-33(39)19-18-30-29-12-4-6-15-34(29)40-36(30)35/h1-20,22H. The fraction of sp³-hybridized carbons (Fsp3) is 0. The van der Waals surface area contributed by atoms with E-state index in [1.807, 2.05) is 24.3 Å². The molecule has 0 bridgehead atoms. The summed E-state index contributed by atoms with van der Waals surface area (Å²) in [6.45, 7) is 0. The van der Waals surface area contributed by atoms with Crippen molar-refractivity contribution in [1.29, 1.82) is 5.26 Å². The quantitative estimate of drug-likeness (QED) is 0.237. The van der Waals surface area contributed by atoms with E-state index in [1.54, 1.807) is 12.3 Å². The number of benzene rings is 5. The van der Waals surface area contributed by atoms with Crippen LogP contribution in [0.1, 0.15) is 5.69 Å². The van der Waals surface area contributed by atoms with Gasteiger partial charge in [0, 0.05) is 33.6 Å². The van der Waals surface area contributed by atoms with Crippen LogP contribution in [-0.2, 0) is 0 Å². The zero-order valence-electron chi connectivity index (χ0n) is 21.4. The number of hydrogen-bond acceptors (Lipinski definition) is 3. The van der Waals surface area contributed by atoms with Gasteiger partial charge in [0.2, 0.25) is 0 Å². The number of aromatic nitrogens is 2. The molecule has 0 aliphatic carbocycles. The summed E-state index contributed by atoms with van der Waals surface area (Å²) in [6.07, 6.45) is 1.77. The lowest BCUT2D eigenvalue weighted by molar-refractivity contribution is 0.673. The van der Waals surface area contributed by atoms with Gasteiger partial charge in [-0.2, -0.15) is 5.26 Å². The van der Waals surface area contributed by atoms with Crippen LogP contribution in [0.2, 0.25) is 0 Å². The maximum absolute atomic E-state index is 9.18. The summed E-state index contributed by atoms with van der Waals surface area (Å²) in [5, 5.41) is 13.7. The lowest BCUT2D eigenvalue weighted by atomic mass is 9.95. The molecule has 8 aromatic rings. The van der Waals surface area contributed by atoms with Crippen LogP contribution in [0, 0.1) is 11.3 Å². The van der Waals surface area contributed by atoms with Gasteiger partial charge in [0.1, 0.15) is 22.9 Å². The van der Waals surface area contributed by atoms with E-state index in [-0.39, 0.29) is 0 Å². The molecule has 40 heavy (non-hydrogen) atoms. The van der Waals surface area contributed by atoms with Gasteiger partial charge >= 0.3 is 0 Å². The van der Waals surface area contributed by atoms with E-state index < -0.39 is 0 Å². The van der Waals surface area contributed by atoms with Crippen LogP contribution in [0.3, 0.4) is 0 Å². The Morgan fingerprint density at radius 1 is 0.625 bits per heavy atom. The molecule has 4 nitrogen and oxygen atoms in total. The van der Waals surface area contributed by atoms with Crippen molar-refractivity contribution >= 4 is 43.7 Å². The van der Waals surface area contributed by atoms with E-state index in [1.165, 1.54) is 0 Å². The average molecular weight is 512 g/mol. The number of para-hydroxylation sites is 2. The molecule has 4 heteroatoms. The molecule has 0 saturated heterocycles. The van der Waals surface area contributed by atoms with E-state index in [4.69, 9.17) is 4.42 Å². The molecular weight excluding hydrogens is 490 g/mol. The van der Waals surface area contributed by atoms with Crippen molar-refractivity contribution < 1.29 is 4.42 Å². The molecule has 0 unspecified atom stereocenters. The van der Waals surface area contributed by atoms with Gasteiger partial charge in [0.05, 0.1) is 16.4 Å². The second-order valence-corrected chi connectivity index (χ2v) is 9.93. The topological polar surface area (TPSA) is 54.8 Å². The van der Waals surface area contributed by atoms with Gasteiger partial charge in [0.25, 0.3) is 0 Å². The second-order valence-electron chi connectivity index (χ2n) is 9.93. The second kappa shape index (κ2) is 8.69. The molecule has 3 heterocycles. The minimum atomic E-state index is 0.410. The summed E-state index contributed by atoms with van der Waals surface area (Å²) in [5.74, 6) is 0. The van der Waals surface area contributed by atoms with Crippen molar-refractivity contribution in [2.75, 3.05) is 0 Å². The van der Waals surface area contributed by atoms with Crippen LogP contribution in [0.5, 0.6) is 0 Å². The van der Waals surface area contributed by atoms with Gasteiger partial charge in [0.15, 0.2) is 0 Å². The number of hydrogen-bond donors (Lipinski definition) is 0. The highest BCUT2D eigenvalue weighted by Crippen LogP contribution is 2.41. The number of rotatable bonds is 3. The molecule has 5 aromatic carbocycles. The van der Waals surface area contributed by atoms with E-state index in [2.05, 4.69) is 107 Å². The minimum Gasteiger partial charge on any atom is -0.455 e. The maximum atomic E-state index is 9.18. The Morgan fingerprint density at radius 3 is 2.23 bits per heavy atom. The van der Waals surface area contributed by atoms with E-state index in [9.17, 15) is 5.26 Å². The minimum absolute atomic E-state index is 0.410. The molecular formula is C36H21N3O. The average Bonchev–Trinajstić information content (AvgIpc) is 3.57. The first-order valence-corrected chi connectivity index (χ1v) is 13.2. The fourth-order valence-electron chi connectivity index (χ4n) is 5.93. The Hall–Kier alpha value is -5.66. The molecule has 0 saturated carbocycles. The molecule has 0 aliphatic heterocycles. The molecule has 0 N–H and O–H groups in total. The molecule has 8 rings (SSSR count). The van der Waals surface area contributed by atoms with Crippen LogP contribution in [0.25, 0.3) is 71.7 Å². The molecule has 3 aromatic heterocycles. The van der Waals surface area contributed by atoms with Crippen molar-refractivity contribution in [3.05, 3.63) is 133 Å². The number of fused-ring (bicyclic) bond motifs is 7. The van der Waals surface area contributed by atoms with Gasteiger partial charge in [-0.3, -0.25) is 0 Å². The number of furan rings is 1. The van der Waals surface area contributed by atoms with Crippen molar-refractivity contribution in [3.8, 4) is 34.0 Å². The number of nitriles is 1. The van der Waals surface area contributed by atoms with Crippen molar-refractivity contribution in [2.24, 2.45) is 0 Å². The Bertz CT molecular complexity index is 2280. The van der Waals surface area contributed by atoms with Crippen LogP contribution < -0.4 is 0 Å². The smallest absolute Gasteiger partial charge is 0.145 e. The van der Waals surface area contributed by atoms with Crippen molar-refractivity contribution in [3.63, 3.8) is 0 Å². The number of nitrogens with zero attached hydrogens (tertiary/aromatic N) is 3. The first-order chi connectivity index (χ1) is 19.8. The Labute approximate surface area is 230 Å². The summed E-state index contributed by atoms with van der Waals surface area (Å²) < 4.78 is 8.78. The Balaban J connectivity index is 1.36. The third kappa shape index (κ3) is 3.28. The first-order valence-electron chi connectivity index (χ1n) is 13.2. The first kappa shape index (κ1) is 22.3. The van der Waals surface area contributed by atoms with E-state index >= 15 is 0 Å². The van der Waals surface area contributed by atoms with Crippen LogP contribution in [0.15, 0.2) is 132 Å². The summed E-state index contributed by atoms with van der Waals surface area (Å²) in [6, 6.07) is 43.9. The van der Waals surface area contributed by atoms with Gasteiger partial charge < -0.3 is 8.98 Å². The highest BCUT2D eigenvalue weighted by molar-refractivity contribution is 6.23. The summed E-state index contributed by atoms with van der Waals surface area (Å²) in [4.78, 5) is 4.30. The summed E-state index contributed by atoms with van der Waals surface area (Å²) in [7, 11) is 0. The van der Waals surface area contributed by atoms with E-state index in [0.29, 0.717) is 5.69 Å². The predicted octanol–water partition coefficient (Wildman–Crippen LogP) is 9.28. The van der Waals surface area contributed by atoms with Gasteiger partial charge in [-0.15, -0.1) is 0 Å². The van der Waals surface area contributed by atoms with Crippen LogP contribution in [-0.4, -0.2) is 9.55 Å². The third-order valence-electron chi connectivity index (χ3n) is 7.71. The SMILES string of the molecule is N#Cc1ccc(-c2ccccc2-c2cccc(-n3c4ccccc4c4c5oc6ccccc6c5ccc43)c2)cn1. The van der Waals surface area contributed by atoms with E-state index in [0.717, 1.165) is 71.7 Å². The highest BCUT2D eigenvalue weighted by Gasteiger charge is 2.19. The largest absolute Gasteiger partial charge is 0.455 e. The summed E-state index contributed by atoms with van der Waals surface area (Å²) in [5.41, 5.74) is 9.81. The van der Waals surface area contributed by atoms with Gasteiger partial charge in [-0.05, 0) is 65.2 Å². The lowest BCUT2D eigenvalue weighted by Crippen LogP contribution is -1.95. The Morgan fingerprint density at radius 2 is 1.40 bits per heavy atom. The van der Waals surface area contributed by atoms with Gasteiger partial charge in [-0.25, -0.2) is 4.98 Å².